The van der Waals surface area contributed by atoms with Gasteiger partial charge in [-0.3, -0.25) is 0 Å². The summed E-state index contributed by atoms with van der Waals surface area (Å²) >= 11 is 2.16. The van der Waals surface area contributed by atoms with E-state index in [4.69, 9.17) is 9.31 Å². The van der Waals surface area contributed by atoms with Crippen LogP contribution in [0.25, 0.3) is 0 Å². The van der Waals surface area contributed by atoms with Crippen LogP contribution in [0.1, 0.15) is 0 Å². The first kappa shape index (κ1) is 11.2. The van der Waals surface area contributed by atoms with Crippen LogP contribution < -0.4 is 4.90 Å². The largest absolute Gasteiger partial charge is 0.532 e. The molecule has 0 aromatic heterocycles. The Balaban J connectivity index is 1.98. The predicted molar refractivity (Wildman–Crippen MR) is 70.3 cm³/mol. The lowest BCUT2D eigenvalue weighted by Gasteiger charge is -2.27. The number of benzene rings is 1. The first-order chi connectivity index (χ1) is 7.36. The van der Waals surface area contributed by atoms with Crippen LogP contribution in [0.4, 0.5) is 5.69 Å². The molecule has 0 radical (unpaired) electrons. The molecule has 0 amide bonds. The fourth-order valence-corrected chi connectivity index (χ4v) is 2.08. The summed E-state index contributed by atoms with van der Waals surface area (Å²) in [6.45, 7) is 3.27. The molecule has 3 nitrogen and oxygen atoms in total. The van der Waals surface area contributed by atoms with Crippen LogP contribution >= 0.6 is 22.4 Å². The molecule has 0 bridgehead atoms. The van der Waals surface area contributed by atoms with Gasteiger partial charge in [0, 0.05) is 32.0 Å². The number of hydrogen-bond donors (Lipinski definition) is 0. The Bertz CT molecular complexity index is 289. The summed E-state index contributed by atoms with van der Waals surface area (Å²) in [7, 11) is 0. The van der Waals surface area contributed by atoms with E-state index in [1.54, 1.807) is 0 Å². The number of rotatable bonds is 1. The fourth-order valence-electron chi connectivity index (χ4n) is 1.57. The van der Waals surface area contributed by atoms with Crippen LogP contribution in [0.15, 0.2) is 30.3 Å². The Morgan fingerprint density at radius 3 is 2.27 bits per heavy atom. The van der Waals surface area contributed by atoms with Crippen molar-refractivity contribution in [2.45, 2.75) is 0 Å². The van der Waals surface area contributed by atoms with E-state index in [2.05, 4.69) is 51.5 Å². The van der Waals surface area contributed by atoms with Gasteiger partial charge in [0.2, 0.25) is 0 Å². The number of nitrogens with zero attached hydrogens (tertiary/aromatic N) is 1. The molecule has 0 aliphatic carbocycles. The summed E-state index contributed by atoms with van der Waals surface area (Å²) in [6, 6.07) is 10.4. The topological polar surface area (TPSA) is 21.7 Å². The normalized spacial score (nSPS) is 18.5. The van der Waals surface area contributed by atoms with Crippen LogP contribution in [-0.4, -0.2) is 31.3 Å². The second-order valence-corrected chi connectivity index (χ2v) is 4.36. The van der Waals surface area contributed by atoms with Crippen molar-refractivity contribution >= 4 is 33.0 Å². The molecule has 1 aliphatic heterocycles. The predicted octanol–water partition coefficient (Wildman–Crippen LogP) is 1.96. The van der Waals surface area contributed by atoms with Gasteiger partial charge in [-0.25, -0.2) is 0 Å². The minimum Gasteiger partial charge on any atom is -0.401 e. The van der Waals surface area contributed by atoms with Gasteiger partial charge in [-0.2, -0.15) is 0 Å². The van der Waals surface area contributed by atoms with E-state index < -0.39 is 0 Å². The average molecular weight is 317 g/mol. The van der Waals surface area contributed by atoms with E-state index in [1.165, 1.54) is 5.69 Å². The molecule has 0 spiro atoms. The van der Waals surface area contributed by atoms with E-state index >= 15 is 0 Å². The maximum Gasteiger partial charge on any atom is 0.532 e. The van der Waals surface area contributed by atoms with Gasteiger partial charge in [-0.1, -0.05) is 40.6 Å². The molecule has 1 heterocycles. The molecule has 1 aromatic carbocycles. The third-order valence-electron chi connectivity index (χ3n) is 2.34. The lowest BCUT2D eigenvalue weighted by Crippen LogP contribution is -2.36. The summed E-state index contributed by atoms with van der Waals surface area (Å²) in [4.78, 5) is 2.18. The fraction of sp³-hybridized carbons (Fsp3) is 0.400. The highest BCUT2D eigenvalue weighted by Gasteiger charge is 2.17. The van der Waals surface area contributed by atoms with Gasteiger partial charge >= 0.3 is 4.97 Å². The minimum atomic E-state index is -0.0967. The van der Waals surface area contributed by atoms with E-state index in [0.29, 0.717) is 13.2 Å². The Morgan fingerprint density at radius 2 is 1.67 bits per heavy atom. The van der Waals surface area contributed by atoms with E-state index in [-0.39, 0.29) is 4.97 Å². The monoisotopic (exact) mass is 317 g/mol. The molecule has 0 atom stereocenters. The highest BCUT2D eigenvalue weighted by Crippen LogP contribution is 2.14. The summed E-state index contributed by atoms with van der Waals surface area (Å²) in [5.74, 6) is 0. The van der Waals surface area contributed by atoms with Crippen molar-refractivity contribution in [2.75, 3.05) is 31.2 Å². The molecule has 80 valence electrons. The number of hydrogen-bond acceptors (Lipinski definition) is 3. The summed E-state index contributed by atoms with van der Waals surface area (Å²) in [5, 5.41) is 0. The smallest absolute Gasteiger partial charge is 0.401 e. The highest BCUT2D eigenvalue weighted by atomic mass is 127. The molecular formula is C10H13BINO2. The molecule has 1 fully saturated rings. The molecule has 15 heavy (non-hydrogen) atoms. The molecule has 0 N–H and O–H groups in total. The SMILES string of the molecule is IB1OCCN(c2ccccc2)CCO1. The molecule has 0 unspecified atom stereocenters. The third-order valence-corrected chi connectivity index (χ3v) is 3.06. The lowest BCUT2D eigenvalue weighted by atomic mass is 10.2. The van der Waals surface area contributed by atoms with Crippen molar-refractivity contribution in [2.24, 2.45) is 0 Å². The zero-order valence-corrected chi connectivity index (χ0v) is 10.6. The molecule has 1 saturated heterocycles. The van der Waals surface area contributed by atoms with Crippen molar-refractivity contribution < 1.29 is 9.31 Å². The Labute approximate surface area is 104 Å². The van der Waals surface area contributed by atoms with Crippen molar-refractivity contribution in [3.8, 4) is 0 Å². The van der Waals surface area contributed by atoms with Crippen LogP contribution in [-0.2, 0) is 9.31 Å². The zero-order valence-electron chi connectivity index (χ0n) is 8.43. The van der Waals surface area contributed by atoms with Crippen LogP contribution in [0.3, 0.4) is 0 Å². The standard InChI is InChI=1S/C10H13BINO2/c12-11-14-8-6-13(7-9-15-11)10-4-2-1-3-5-10/h1-5H,6-9H2. The minimum absolute atomic E-state index is 0.0967. The maximum absolute atomic E-state index is 5.46. The lowest BCUT2D eigenvalue weighted by molar-refractivity contribution is 0.208. The molecular weight excluding hydrogens is 304 g/mol. The van der Waals surface area contributed by atoms with Gasteiger partial charge in [0.25, 0.3) is 0 Å². The van der Waals surface area contributed by atoms with Gasteiger partial charge in [0.1, 0.15) is 0 Å². The first-order valence-electron chi connectivity index (χ1n) is 5.03. The van der Waals surface area contributed by atoms with Crippen molar-refractivity contribution in [1.29, 1.82) is 0 Å². The zero-order chi connectivity index (χ0) is 10.5. The Hall–Kier alpha value is -0.265. The van der Waals surface area contributed by atoms with Gasteiger partial charge in [0.15, 0.2) is 0 Å². The number of anilines is 1. The molecule has 5 heteroatoms. The van der Waals surface area contributed by atoms with Gasteiger partial charge in [-0.05, 0) is 12.1 Å². The van der Waals surface area contributed by atoms with Crippen LogP contribution in [0.2, 0.25) is 0 Å². The molecule has 1 aromatic rings. The summed E-state index contributed by atoms with van der Waals surface area (Å²) in [6.07, 6.45) is 0. The van der Waals surface area contributed by atoms with E-state index in [9.17, 15) is 0 Å². The van der Waals surface area contributed by atoms with Crippen LogP contribution in [0.5, 0.6) is 0 Å². The quantitative estimate of drug-likeness (QED) is 0.584. The van der Waals surface area contributed by atoms with Crippen LogP contribution in [0, 0.1) is 0 Å². The first-order valence-corrected chi connectivity index (χ1v) is 6.28. The number of halogens is 1. The molecule has 1 aliphatic rings. The second kappa shape index (κ2) is 5.72. The Morgan fingerprint density at radius 1 is 1.07 bits per heavy atom. The van der Waals surface area contributed by atoms with E-state index in [0.717, 1.165) is 13.1 Å². The van der Waals surface area contributed by atoms with Gasteiger partial charge in [-0.15, -0.1) is 0 Å². The van der Waals surface area contributed by atoms with Crippen molar-refractivity contribution in [3.05, 3.63) is 30.3 Å². The van der Waals surface area contributed by atoms with Crippen molar-refractivity contribution in [1.82, 2.24) is 0 Å². The highest BCUT2D eigenvalue weighted by molar-refractivity contribution is 14.1. The average Bonchev–Trinajstić information content (AvgIpc) is 2.24. The molecule has 0 saturated carbocycles. The molecule has 2 rings (SSSR count). The summed E-state index contributed by atoms with van der Waals surface area (Å²) in [5.41, 5.74) is 1.23. The Kier molecular flexibility index (Phi) is 4.28. The van der Waals surface area contributed by atoms with Gasteiger partial charge < -0.3 is 14.2 Å². The van der Waals surface area contributed by atoms with Gasteiger partial charge in [0.05, 0.1) is 0 Å². The summed E-state index contributed by atoms with van der Waals surface area (Å²) < 4.78 is 10.9. The maximum atomic E-state index is 5.46. The second-order valence-electron chi connectivity index (χ2n) is 3.34. The van der Waals surface area contributed by atoms with Crippen molar-refractivity contribution in [3.63, 3.8) is 0 Å². The third kappa shape index (κ3) is 3.36. The number of para-hydroxylation sites is 1. The van der Waals surface area contributed by atoms with E-state index in [1.807, 2.05) is 6.07 Å².